The maximum absolute atomic E-state index is 4.23. The standard InChI is InChI=1S/C12H12N2.ClH/c1-2-6-11(7-3-1)14-10-12-8-4-5-9-13-12;/h1-9,14H,10H2;1H. The van der Waals surface area contributed by atoms with E-state index >= 15 is 0 Å². The highest BCUT2D eigenvalue weighted by Gasteiger charge is 1.92. The van der Waals surface area contributed by atoms with Gasteiger partial charge >= 0.3 is 0 Å². The third kappa shape index (κ3) is 3.60. The molecule has 2 rings (SSSR count). The Bertz CT molecular complexity index is 336. The summed E-state index contributed by atoms with van der Waals surface area (Å²) in [6.45, 7) is 0.769. The lowest BCUT2D eigenvalue weighted by Gasteiger charge is -2.04. The zero-order valence-corrected chi connectivity index (χ0v) is 9.08. The topological polar surface area (TPSA) is 24.9 Å². The summed E-state index contributed by atoms with van der Waals surface area (Å²) >= 11 is 0. The minimum absolute atomic E-state index is 0. The number of nitrogens with one attached hydrogen (secondary N) is 1. The number of anilines is 1. The van der Waals surface area contributed by atoms with Crippen LogP contribution in [-0.2, 0) is 6.54 Å². The van der Waals surface area contributed by atoms with E-state index in [-0.39, 0.29) is 12.4 Å². The molecule has 1 heterocycles. The van der Waals surface area contributed by atoms with Crippen molar-refractivity contribution < 1.29 is 0 Å². The van der Waals surface area contributed by atoms with E-state index in [0.717, 1.165) is 17.9 Å². The first-order valence-corrected chi connectivity index (χ1v) is 4.64. The van der Waals surface area contributed by atoms with Crippen LogP contribution in [0.5, 0.6) is 0 Å². The Labute approximate surface area is 95.8 Å². The van der Waals surface area contributed by atoms with Crippen LogP contribution in [0.25, 0.3) is 0 Å². The predicted molar refractivity (Wildman–Crippen MR) is 65.3 cm³/mol. The van der Waals surface area contributed by atoms with Gasteiger partial charge in [0.2, 0.25) is 0 Å². The smallest absolute Gasteiger partial charge is 0.0594 e. The fourth-order valence-corrected chi connectivity index (χ4v) is 1.25. The van der Waals surface area contributed by atoms with Gasteiger partial charge in [0.1, 0.15) is 0 Å². The largest absolute Gasteiger partial charge is 0.379 e. The van der Waals surface area contributed by atoms with Gasteiger partial charge in [-0.1, -0.05) is 24.3 Å². The molecular weight excluding hydrogens is 208 g/mol. The molecule has 0 unspecified atom stereocenters. The fourth-order valence-electron chi connectivity index (χ4n) is 1.25. The van der Waals surface area contributed by atoms with Crippen molar-refractivity contribution in [2.75, 3.05) is 5.32 Å². The summed E-state index contributed by atoms with van der Waals surface area (Å²) in [5, 5.41) is 3.30. The van der Waals surface area contributed by atoms with E-state index < -0.39 is 0 Å². The average molecular weight is 221 g/mol. The van der Waals surface area contributed by atoms with Crippen LogP contribution >= 0.6 is 12.4 Å². The van der Waals surface area contributed by atoms with Gasteiger partial charge in [0, 0.05) is 11.9 Å². The van der Waals surface area contributed by atoms with Crippen molar-refractivity contribution in [3.63, 3.8) is 0 Å². The summed E-state index contributed by atoms with van der Waals surface area (Å²) in [7, 11) is 0. The highest BCUT2D eigenvalue weighted by atomic mass is 35.5. The number of halogens is 1. The number of rotatable bonds is 3. The van der Waals surface area contributed by atoms with Gasteiger partial charge in [-0.05, 0) is 24.3 Å². The lowest BCUT2D eigenvalue weighted by Crippen LogP contribution is -2.00. The molecular formula is C12H13ClN2. The molecule has 0 atom stereocenters. The molecule has 2 nitrogen and oxygen atoms in total. The van der Waals surface area contributed by atoms with Crippen molar-refractivity contribution >= 4 is 18.1 Å². The maximum Gasteiger partial charge on any atom is 0.0594 e. The van der Waals surface area contributed by atoms with Gasteiger partial charge in [0.05, 0.1) is 12.2 Å². The molecule has 0 bridgehead atoms. The number of para-hydroxylation sites is 1. The Balaban J connectivity index is 0.00000112. The molecule has 1 aromatic carbocycles. The summed E-state index contributed by atoms with van der Waals surface area (Å²) in [4.78, 5) is 4.23. The number of benzene rings is 1. The van der Waals surface area contributed by atoms with Gasteiger partial charge in [-0.3, -0.25) is 4.98 Å². The number of hydrogen-bond acceptors (Lipinski definition) is 2. The molecule has 1 N–H and O–H groups in total. The minimum atomic E-state index is 0. The third-order valence-electron chi connectivity index (χ3n) is 1.97. The van der Waals surface area contributed by atoms with Gasteiger partial charge in [-0.25, -0.2) is 0 Å². The Kier molecular flexibility index (Phi) is 4.64. The summed E-state index contributed by atoms with van der Waals surface area (Å²) in [6.07, 6.45) is 1.81. The van der Waals surface area contributed by atoms with E-state index in [1.807, 2.05) is 54.7 Å². The second-order valence-corrected chi connectivity index (χ2v) is 3.04. The molecule has 0 aliphatic heterocycles. The first kappa shape index (κ1) is 11.5. The van der Waals surface area contributed by atoms with Crippen LogP contribution in [0.3, 0.4) is 0 Å². The molecule has 0 saturated heterocycles. The highest BCUT2D eigenvalue weighted by Crippen LogP contribution is 2.06. The molecule has 1 aromatic heterocycles. The summed E-state index contributed by atoms with van der Waals surface area (Å²) in [5.74, 6) is 0. The highest BCUT2D eigenvalue weighted by molar-refractivity contribution is 5.85. The molecule has 0 aliphatic rings. The van der Waals surface area contributed by atoms with Crippen LogP contribution < -0.4 is 5.32 Å². The monoisotopic (exact) mass is 220 g/mol. The van der Waals surface area contributed by atoms with Crippen molar-refractivity contribution in [3.05, 3.63) is 60.4 Å². The molecule has 3 heteroatoms. The van der Waals surface area contributed by atoms with Gasteiger partial charge in [0.25, 0.3) is 0 Å². The van der Waals surface area contributed by atoms with E-state index in [4.69, 9.17) is 0 Å². The van der Waals surface area contributed by atoms with Crippen molar-refractivity contribution in [2.45, 2.75) is 6.54 Å². The molecule has 0 amide bonds. The normalized spacial score (nSPS) is 9.07. The lowest BCUT2D eigenvalue weighted by atomic mass is 10.3. The fraction of sp³-hybridized carbons (Fsp3) is 0.0833. The second-order valence-electron chi connectivity index (χ2n) is 3.04. The van der Waals surface area contributed by atoms with Gasteiger partial charge < -0.3 is 5.32 Å². The van der Waals surface area contributed by atoms with Crippen LogP contribution in [0.1, 0.15) is 5.69 Å². The van der Waals surface area contributed by atoms with Gasteiger partial charge in [-0.15, -0.1) is 12.4 Å². The van der Waals surface area contributed by atoms with Crippen molar-refractivity contribution in [3.8, 4) is 0 Å². The quantitative estimate of drug-likeness (QED) is 0.860. The zero-order valence-electron chi connectivity index (χ0n) is 8.26. The van der Waals surface area contributed by atoms with Crippen LogP contribution in [0.2, 0.25) is 0 Å². The van der Waals surface area contributed by atoms with E-state index in [1.165, 1.54) is 0 Å². The molecule has 78 valence electrons. The second kappa shape index (κ2) is 6.04. The van der Waals surface area contributed by atoms with Crippen molar-refractivity contribution in [1.29, 1.82) is 0 Å². The average Bonchev–Trinajstić information content (AvgIpc) is 2.29. The van der Waals surface area contributed by atoms with Crippen molar-refractivity contribution in [2.24, 2.45) is 0 Å². The van der Waals surface area contributed by atoms with E-state index in [9.17, 15) is 0 Å². The van der Waals surface area contributed by atoms with Crippen LogP contribution in [0, 0.1) is 0 Å². The van der Waals surface area contributed by atoms with Crippen LogP contribution in [0.15, 0.2) is 54.7 Å². The molecule has 0 fully saturated rings. The van der Waals surface area contributed by atoms with E-state index in [2.05, 4.69) is 10.3 Å². The predicted octanol–water partition coefficient (Wildman–Crippen LogP) is 3.12. The Hall–Kier alpha value is -1.54. The molecule has 15 heavy (non-hydrogen) atoms. The Morgan fingerprint density at radius 2 is 1.67 bits per heavy atom. The molecule has 0 spiro atoms. The molecule has 0 saturated carbocycles. The Morgan fingerprint density at radius 1 is 0.933 bits per heavy atom. The molecule has 2 aromatic rings. The van der Waals surface area contributed by atoms with E-state index in [0.29, 0.717) is 0 Å². The van der Waals surface area contributed by atoms with Gasteiger partial charge in [0.15, 0.2) is 0 Å². The molecule has 0 radical (unpaired) electrons. The molecule has 0 aliphatic carbocycles. The lowest BCUT2D eigenvalue weighted by molar-refractivity contribution is 1.05. The number of aromatic nitrogens is 1. The summed E-state index contributed by atoms with van der Waals surface area (Å²) < 4.78 is 0. The van der Waals surface area contributed by atoms with E-state index in [1.54, 1.807) is 0 Å². The SMILES string of the molecule is Cl.c1ccc(NCc2ccccn2)cc1. The minimum Gasteiger partial charge on any atom is -0.379 e. The van der Waals surface area contributed by atoms with Crippen LogP contribution in [0.4, 0.5) is 5.69 Å². The zero-order chi connectivity index (χ0) is 9.64. The number of pyridine rings is 1. The summed E-state index contributed by atoms with van der Waals surface area (Å²) in [5.41, 5.74) is 2.18. The van der Waals surface area contributed by atoms with Gasteiger partial charge in [-0.2, -0.15) is 0 Å². The van der Waals surface area contributed by atoms with Crippen molar-refractivity contribution in [1.82, 2.24) is 4.98 Å². The maximum atomic E-state index is 4.23. The third-order valence-corrected chi connectivity index (χ3v) is 1.97. The Morgan fingerprint density at radius 3 is 2.33 bits per heavy atom. The number of nitrogens with zero attached hydrogens (tertiary/aromatic N) is 1. The summed E-state index contributed by atoms with van der Waals surface area (Å²) in [6, 6.07) is 16.1. The first-order valence-electron chi connectivity index (χ1n) is 4.64. The number of hydrogen-bond donors (Lipinski definition) is 1. The first-order chi connectivity index (χ1) is 6.95. The van der Waals surface area contributed by atoms with Crippen LogP contribution in [-0.4, -0.2) is 4.98 Å².